The van der Waals surface area contributed by atoms with Crippen LogP contribution in [0.1, 0.15) is 36.1 Å². The van der Waals surface area contributed by atoms with Crippen molar-refractivity contribution in [3.8, 4) is 0 Å². The molecule has 212 valence electrons. The van der Waals surface area contributed by atoms with Crippen molar-refractivity contribution in [3.05, 3.63) is 144 Å². The average Bonchev–Trinajstić information content (AvgIpc) is 3.51. The van der Waals surface area contributed by atoms with E-state index in [1.165, 1.54) is 0 Å². The van der Waals surface area contributed by atoms with E-state index < -0.39 is 35.9 Å². The van der Waals surface area contributed by atoms with Crippen LogP contribution in [0.3, 0.4) is 0 Å². The lowest BCUT2D eigenvalue weighted by Gasteiger charge is -2.37. The summed E-state index contributed by atoms with van der Waals surface area (Å²) in [5.41, 5.74) is 10.1. The fourth-order valence-electron chi connectivity index (χ4n) is 5.91. The fraction of sp³-hybridized carbons (Fsp3) is 0.314. The predicted molar refractivity (Wildman–Crippen MR) is 157 cm³/mol. The Morgan fingerprint density at radius 2 is 1.17 bits per heavy atom. The maximum atomic E-state index is 6.98. The van der Waals surface area contributed by atoms with Gasteiger partial charge in [0.1, 0.15) is 23.9 Å². The van der Waals surface area contributed by atoms with Gasteiger partial charge in [-0.25, -0.2) is 0 Å². The molecule has 0 aliphatic carbocycles. The highest BCUT2D eigenvalue weighted by atomic mass is 16.8. The summed E-state index contributed by atoms with van der Waals surface area (Å²) in [6, 6.07) is 40.3. The second-order valence-electron chi connectivity index (χ2n) is 11.1. The Labute approximate surface area is 242 Å². The molecule has 0 bridgehead atoms. The average molecular weight is 552 g/mol. The highest BCUT2D eigenvalue weighted by Crippen LogP contribution is 2.43. The van der Waals surface area contributed by atoms with Crippen LogP contribution in [-0.2, 0) is 35.9 Å². The van der Waals surface area contributed by atoms with E-state index >= 15 is 0 Å². The summed E-state index contributed by atoms with van der Waals surface area (Å²) in [6.07, 6.45) is -1.88. The number of hydrogen-bond donors (Lipinski definition) is 1. The molecule has 5 atom stereocenters. The van der Waals surface area contributed by atoms with Gasteiger partial charge in [0.2, 0.25) is 0 Å². The van der Waals surface area contributed by atoms with Gasteiger partial charge >= 0.3 is 0 Å². The summed E-state index contributed by atoms with van der Waals surface area (Å²) in [6.45, 7) is 4.42. The Hall–Kier alpha value is -3.36. The molecule has 6 heteroatoms. The first-order chi connectivity index (χ1) is 20.0. The van der Waals surface area contributed by atoms with E-state index in [0.717, 1.165) is 22.3 Å². The molecule has 6 nitrogen and oxygen atoms in total. The van der Waals surface area contributed by atoms with Crippen molar-refractivity contribution >= 4 is 0 Å². The van der Waals surface area contributed by atoms with Crippen LogP contribution in [-0.4, -0.2) is 43.0 Å². The van der Waals surface area contributed by atoms with E-state index in [4.69, 9.17) is 29.4 Å². The van der Waals surface area contributed by atoms with Gasteiger partial charge < -0.3 is 29.4 Å². The highest BCUT2D eigenvalue weighted by molar-refractivity contribution is 5.47. The molecule has 4 aromatic carbocycles. The molecule has 4 aromatic rings. The van der Waals surface area contributed by atoms with E-state index in [0.29, 0.717) is 6.61 Å². The molecule has 2 aliphatic rings. The van der Waals surface area contributed by atoms with Gasteiger partial charge in [0.25, 0.3) is 0 Å². The quantitative estimate of drug-likeness (QED) is 0.252. The van der Waals surface area contributed by atoms with Crippen molar-refractivity contribution in [2.45, 2.75) is 62.5 Å². The normalized spacial score (nSPS) is 24.2. The van der Waals surface area contributed by atoms with Crippen molar-refractivity contribution < 1.29 is 23.7 Å². The Bertz CT molecular complexity index is 1290. The zero-order valence-electron chi connectivity index (χ0n) is 23.5. The number of fused-ring (bicyclic) bond motifs is 1. The maximum Gasteiger partial charge on any atom is 0.187 e. The second-order valence-corrected chi connectivity index (χ2v) is 11.1. The molecule has 6 rings (SSSR count). The topological polar surface area (TPSA) is 72.2 Å². The maximum absolute atomic E-state index is 6.98. The minimum absolute atomic E-state index is 0.210. The number of ether oxygens (including phenoxy) is 5. The lowest BCUT2D eigenvalue weighted by atomic mass is 9.80. The zero-order valence-corrected chi connectivity index (χ0v) is 23.5. The molecule has 41 heavy (non-hydrogen) atoms. The van der Waals surface area contributed by atoms with Gasteiger partial charge in [0, 0.05) is 0 Å². The third-order valence-electron chi connectivity index (χ3n) is 7.76. The molecule has 0 aromatic heterocycles. The highest BCUT2D eigenvalue weighted by Gasteiger charge is 2.57. The van der Waals surface area contributed by atoms with Crippen LogP contribution in [0.5, 0.6) is 0 Å². The zero-order chi connectivity index (χ0) is 28.3. The van der Waals surface area contributed by atoms with E-state index in [-0.39, 0.29) is 12.7 Å². The van der Waals surface area contributed by atoms with Gasteiger partial charge in [-0.15, -0.1) is 0 Å². The monoisotopic (exact) mass is 551 g/mol. The standard InChI is InChI=1S/C35H37NO5/c1-34(2)40-31-30(39-33(32(31)41-34)37-23-25-15-7-3-8-16-25)29(36)24-38-35(26-17-9-4-10-18-26,27-19-11-5-12-20-27)28-21-13-6-14-22-28/h3-22,29-33H,23-24,36H2,1-2H3. The van der Waals surface area contributed by atoms with Crippen molar-refractivity contribution in [2.75, 3.05) is 6.61 Å². The third-order valence-corrected chi connectivity index (χ3v) is 7.76. The Kier molecular flexibility index (Phi) is 8.04. The Morgan fingerprint density at radius 1 is 0.707 bits per heavy atom. The first kappa shape index (κ1) is 27.8. The first-order valence-corrected chi connectivity index (χ1v) is 14.2. The van der Waals surface area contributed by atoms with Crippen LogP contribution in [0.4, 0.5) is 0 Å². The van der Waals surface area contributed by atoms with Crippen LogP contribution >= 0.6 is 0 Å². The molecule has 2 saturated heterocycles. The van der Waals surface area contributed by atoms with Gasteiger partial charge in [-0.1, -0.05) is 121 Å². The van der Waals surface area contributed by atoms with Gasteiger partial charge in [-0.3, -0.25) is 0 Å². The molecular weight excluding hydrogens is 514 g/mol. The summed E-state index contributed by atoms with van der Waals surface area (Å²) < 4.78 is 32.2. The van der Waals surface area contributed by atoms with Crippen molar-refractivity contribution in [1.82, 2.24) is 0 Å². The molecule has 2 N–H and O–H groups in total. The lowest BCUT2D eigenvalue weighted by Crippen LogP contribution is -2.48. The molecule has 2 aliphatic heterocycles. The number of nitrogens with two attached hydrogens (primary N) is 1. The molecule has 0 radical (unpaired) electrons. The molecule has 2 fully saturated rings. The molecular formula is C35H37NO5. The van der Waals surface area contributed by atoms with Crippen LogP contribution < -0.4 is 5.73 Å². The molecule has 0 amide bonds. The molecule has 5 unspecified atom stereocenters. The Balaban J connectivity index is 1.28. The lowest BCUT2D eigenvalue weighted by molar-refractivity contribution is -0.239. The summed E-state index contributed by atoms with van der Waals surface area (Å²) in [4.78, 5) is 0. The van der Waals surface area contributed by atoms with Gasteiger partial charge in [0.15, 0.2) is 12.1 Å². The van der Waals surface area contributed by atoms with Crippen LogP contribution in [0, 0.1) is 0 Å². The minimum Gasteiger partial charge on any atom is -0.359 e. The molecule has 0 saturated carbocycles. The Morgan fingerprint density at radius 3 is 1.68 bits per heavy atom. The van der Waals surface area contributed by atoms with Crippen molar-refractivity contribution in [3.63, 3.8) is 0 Å². The summed E-state index contributed by atoms with van der Waals surface area (Å²) in [5.74, 6) is -0.770. The van der Waals surface area contributed by atoms with Crippen molar-refractivity contribution in [1.29, 1.82) is 0 Å². The summed E-state index contributed by atoms with van der Waals surface area (Å²) in [5, 5.41) is 0. The second kappa shape index (κ2) is 11.9. The number of hydrogen-bond acceptors (Lipinski definition) is 6. The van der Waals surface area contributed by atoms with Gasteiger partial charge in [-0.05, 0) is 36.1 Å². The fourth-order valence-corrected chi connectivity index (χ4v) is 5.91. The van der Waals surface area contributed by atoms with E-state index in [1.54, 1.807) is 0 Å². The van der Waals surface area contributed by atoms with Gasteiger partial charge in [-0.2, -0.15) is 0 Å². The predicted octanol–water partition coefficient (Wildman–Crippen LogP) is 5.78. The van der Waals surface area contributed by atoms with Gasteiger partial charge in [0.05, 0.1) is 19.3 Å². The van der Waals surface area contributed by atoms with Crippen LogP contribution in [0.15, 0.2) is 121 Å². The number of benzene rings is 4. The molecule has 0 spiro atoms. The summed E-state index contributed by atoms with van der Waals surface area (Å²) in [7, 11) is 0. The van der Waals surface area contributed by atoms with E-state index in [1.807, 2.05) is 98.8 Å². The summed E-state index contributed by atoms with van der Waals surface area (Å²) >= 11 is 0. The molecule has 2 heterocycles. The van der Waals surface area contributed by atoms with Crippen molar-refractivity contribution in [2.24, 2.45) is 5.73 Å². The SMILES string of the molecule is CC1(C)OC2C(OCc3ccccc3)OC(C(N)COC(c3ccccc3)(c3ccccc3)c3ccccc3)C2O1. The van der Waals surface area contributed by atoms with Crippen LogP contribution in [0.2, 0.25) is 0 Å². The first-order valence-electron chi connectivity index (χ1n) is 14.2. The van der Waals surface area contributed by atoms with Crippen LogP contribution in [0.25, 0.3) is 0 Å². The number of rotatable bonds is 10. The van der Waals surface area contributed by atoms with E-state index in [9.17, 15) is 0 Å². The smallest absolute Gasteiger partial charge is 0.187 e. The third kappa shape index (κ3) is 5.72. The largest absolute Gasteiger partial charge is 0.359 e. The minimum atomic E-state index is -0.880. The van der Waals surface area contributed by atoms with E-state index in [2.05, 4.69) is 36.4 Å².